The molecule has 0 aliphatic carbocycles. The quantitative estimate of drug-likeness (QED) is 0.693. The molecule has 0 amide bonds. The van der Waals surface area contributed by atoms with Crippen LogP contribution < -0.4 is 0 Å². The summed E-state index contributed by atoms with van der Waals surface area (Å²) in [6.45, 7) is 4.70. The SMILES string of the molecule is CCc1nn(C)c2c1nc(C(C)Cl)n2Cc1ccoc1. The van der Waals surface area contributed by atoms with Crippen molar-refractivity contribution in [2.75, 3.05) is 0 Å². The van der Waals surface area contributed by atoms with Crippen molar-refractivity contribution in [2.45, 2.75) is 32.2 Å². The van der Waals surface area contributed by atoms with E-state index >= 15 is 0 Å². The van der Waals surface area contributed by atoms with Gasteiger partial charge in [-0.05, 0) is 19.4 Å². The summed E-state index contributed by atoms with van der Waals surface area (Å²) in [5.74, 6) is 0.866. The van der Waals surface area contributed by atoms with Crippen molar-refractivity contribution >= 4 is 22.8 Å². The van der Waals surface area contributed by atoms with Gasteiger partial charge in [-0.15, -0.1) is 11.6 Å². The Morgan fingerprint density at radius 3 is 2.85 bits per heavy atom. The van der Waals surface area contributed by atoms with Crippen LogP contribution in [0.4, 0.5) is 0 Å². The zero-order valence-corrected chi connectivity index (χ0v) is 12.6. The van der Waals surface area contributed by atoms with Gasteiger partial charge in [-0.1, -0.05) is 6.92 Å². The first kappa shape index (κ1) is 13.2. The Balaban J connectivity index is 2.20. The van der Waals surface area contributed by atoms with E-state index in [1.54, 1.807) is 12.5 Å². The van der Waals surface area contributed by atoms with E-state index in [2.05, 4.69) is 16.6 Å². The molecular formula is C14H17ClN4O. The molecular weight excluding hydrogens is 276 g/mol. The van der Waals surface area contributed by atoms with E-state index < -0.39 is 0 Å². The third-order valence-electron chi connectivity index (χ3n) is 3.43. The summed E-state index contributed by atoms with van der Waals surface area (Å²) in [6, 6.07) is 1.95. The van der Waals surface area contributed by atoms with Crippen molar-refractivity contribution in [3.8, 4) is 0 Å². The normalized spacial score (nSPS) is 13.2. The predicted molar refractivity (Wildman–Crippen MR) is 78.0 cm³/mol. The topological polar surface area (TPSA) is 48.8 Å². The molecule has 0 aliphatic heterocycles. The third-order valence-corrected chi connectivity index (χ3v) is 3.63. The molecule has 0 fully saturated rings. The lowest BCUT2D eigenvalue weighted by atomic mass is 10.3. The molecule has 3 rings (SSSR count). The second kappa shape index (κ2) is 4.98. The number of fused-ring (bicyclic) bond motifs is 1. The van der Waals surface area contributed by atoms with Crippen LogP contribution in [-0.2, 0) is 20.0 Å². The standard InChI is InChI=1S/C14H17ClN4O/c1-4-11-12-14(18(3)17-11)19(13(16-12)9(2)15)7-10-5-6-20-8-10/h5-6,8-9H,4,7H2,1-3H3. The number of aryl methyl sites for hydroxylation is 2. The van der Waals surface area contributed by atoms with Crippen molar-refractivity contribution in [2.24, 2.45) is 7.05 Å². The monoisotopic (exact) mass is 292 g/mol. The first-order chi connectivity index (χ1) is 9.61. The number of aromatic nitrogens is 4. The van der Waals surface area contributed by atoms with Gasteiger partial charge in [-0.2, -0.15) is 5.10 Å². The molecule has 5 nitrogen and oxygen atoms in total. The van der Waals surface area contributed by atoms with Gasteiger partial charge in [-0.25, -0.2) is 4.98 Å². The molecule has 1 unspecified atom stereocenters. The predicted octanol–water partition coefficient (Wildman–Crippen LogP) is 3.27. The summed E-state index contributed by atoms with van der Waals surface area (Å²) < 4.78 is 9.14. The van der Waals surface area contributed by atoms with Crippen molar-refractivity contribution in [1.82, 2.24) is 19.3 Å². The fourth-order valence-electron chi connectivity index (χ4n) is 2.52. The molecule has 0 aliphatic rings. The Hall–Kier alpha value is -1.75. The Morgan fingerprint density at radius 1 is 1.45 bits per heavy atom. The minimum Gasteiger partial charge on any atom is -0.472 e. The van der Waals surface area contributed by atoms with Crippen LogP contribution in [-0.4, -0.2) is 19.3 Å². The molecule has 0 radical (unpaired) electrons. The maximum atomic E-state index is 6.29. The number of furan rings is 1. The average molecular weight is 293 g/mol. The number of nitrogens with zero attached hydrogens (tertiary/aromatic N) is 4. The van der Waals surface area contributed by atoms with Gasteiger partial charge in [0.05, 0.1) is 30.1 Å². The largest absolute Gasteiger partial charge is 0.472 e. The molecule has 0 saturated heterocycles. The summed E-state index contributed by atoms with van der Waals surface area (Å²) >= 11 is 6.29. The summed E-state index contributed by atoms with van der Waals surface area (Å²) in [7, 11) is 1.94. The summed E-state index contributed by atoms with van der Waals surface area (Å²) in [4.78, 5) is 4.70. The molecule has 3 aromatic heterocycles. The van der Waals surface area contributed by atoms with Crippen LogP contribution in [0.1, 0.15) is 36.3 Å². The van der Waals surface area contributed by atoms with Crippen molar-refractivity contribution < 1.29 is 4.42 Å². The van der Waals surface area contributed by atoms with Crippen molar-refractivity contribution in [3.05, 3.63) is 35.7 Å². The second-order valence-corrected chi connectivity index (χ2v) is 5.55. The molecule has 106 valence electrons. The highest BCUT2D eigenvalue weighted by molar-refractivity contribution is 6.20. The van der Waals surface area contributed by atoms with E-state index in [-0.39, 0.29) is 5.38 Å². The van der Waals surface area contributed by atoms with Gasteiger partial charge in [0, 0.05) is 12.6 Å². The number of hydrogen-bond donors (Lipinski definition) is 0. The van der Waals surface area contributed by atoms with Crippen LogP contribution in [0, 0.1) is 0 Å². The van der Waals surface area contributed by atoms with E-state index in [9.17, 15) is 0 Å². The van der Waals surface area contributed by atoms with Gasteiger partial charge in [-0.3, -0.25) is 4.68 Å². The highest BCUT2D eigenvalue weighted by Crippen LogP contribution is 2.27. The molecule has 3 aromatic rings. The van der Waals surface area contributed by atoms with E-state index in [1.807, 2.05) is 24.7 Å². The average Bonchev–Trinajstić information content (AvgIpc) is 3.08. The molecule has 0 aromatic carbocycles. The lowest BCUT2D eigenvalue weighted by Gasteiger charge is -2.09. The summed E-state index contributed by atoms with van der Waals surface area (Å²) in [5, 5.41) is 4.37. The molecule has 0 N–H and O–H groups in total. The first-order valence-electron chi connectivity index (χ1n) is 6.69. The lowest BCUT2D eigenvalue weighted by Crippen LogP contribution is -2.08. The second-order valence-electron chi connectivity index (χ2n) is 4.90. The number of rotatable bonds is 4. The minimum atomic E-state index is -0.154. The molecule has 0 spiro atoms. The van der Waals surface area contributed by atoms with Gasteiger partial charge >= 0.3 is 0 Å². The zero-order chi connectivity index (χ0) is 14.3. The molecule has 1 atom stereocenters. The lowest BCUT2D eigenvalue weighted by molar-refractivity contribution is 0.561. The van der Waals surface area contributed by atoms with E-state index in [0.717, 1.165) is 34.7 Å². The van der Waals surface area contributed by atoms with Gasteiger partial charge in [0.1, 0.15) is 11.3 Å². The van der Waals surface area contributed by atoms with Gasteiger partial charge in [0.25, 0.3) is 0 Å². The summed E-state index contributed by atoms with van der Waals surface area (Å²) in [5.41, 5.74) is 4.04. The van der Waals surface area contributed by atoms with Gasteiger partial charge < -0.3 is 8.98 Å². The Bertz CT molecular complexity index is 724. The van der Waals surface area contributed by atoms with Crippen LogP contribution in [0.25, 0.3) is 11.2 Å². The van der Waals surface area contributed by atoms with Gasteiger partial charge in [0.2, 0.25) is 0 Å². The van der Waals surface area contributed by atoms with E-state index in [4.69, 9.17) is 21.0 Å². The highest BCUT2D eigenvalue weighted by Gasteiger charge is 2.21. The fraction of sp³-hybridized carbons (Fsp3) is 0.429. The van der Waals surface area contributed by atoms with E-state index in [1.165, 1.54) is 0 Å². The Labute approximate surface area is 122 Å². The third kappa shape index (κ3) is 2.02. The maximum Gasteiger partial charge on any atom is 0.159 e. The number of alkyl halides is 1. The molecule has 6 heteroatoms. The minimum absolute atomic E-state index is 0.154. The number of imidazole rings is 1. The van der Waals surface area contributed by atoms with Crippen molar-refractivity contribution in [3.63, 3.8) is 0 Å². The van der Waals surface area contributed by atoms with Crippen LogP contribution >= 0.6 is 11.6 Å². The fourth-order valence-corrected chi connectivity index (χ4v) is 2.69. The maximum absolute atomic E-state index is 6.29. The molecule has 20 heavy (non-hydrogen) atoms. The van der Waals surface area contributed by atoms with Crippen LogP contribution in [0.2, 0.25) is 0 Å². The molecule has 3 heterocycles. The highest BCUT2D eigenvalue weighted by atomic mass is 35.5. The van der Waals surface area contributed by atoms with Crippen LogP contribution in [0.5, 0.6) is 0 Å². The number of halogens is 1. The Morgan fingerprint density at radius 2 is 2.25 bits per heavy atom. The first-order valence-corrected chi connectivity index (χ1v) is 7.12. The summed E-state index contributed by atoms with van der Waals surface area (Å²) in [6.07, 6.45) is 4.27. The van der Waals surface area contributed by atoms with E-state index in [0.29, 0.717) is 6.54 Å². The Kier molecular flexibility index (Phi) is 3.30. The van der Waals surface area contributed by atoms with Crippen molar-refractivity contribution in [1.29, 1.82) is 0 Å². The van der Waals surface area contributed by atoms with Crippen LogP contribution in [0.3, 0.4) is 0 Å². The van der Waals surface area contributed by atoms with Crippen LogP contribution in [0.15, 0.2) is 23.0 Å². The molecule has 0 saturated carbocycles. The molecule has 0 bridgehead atoms. The number of hydrogen-bond acceptors (Lipinski definition) is 3. The zero-order valence-electron chi connectivity index (χ0n) is 11.8. The smallest absolute Gasteiger partial charge is 0.159 e. The van der Waals surface area contributed by atoms with Gasteiger partial charge in [0.15, 0.2) is 5.65 Å².